The van der Waals surface area contributed by atoms with Gasteiger partial charge in [-0.25, -0.2) is 4.79 Å². The number of benzene rings is 1. The predicted octanol–water partition coefficient (Wildman–Crippen LogP) is 2.99. The molecule has 0 fully saturated rings. The van der Waals surface area contributed by atoms with E-state index < -0.39 is 0 Å². The summed E-state index contributed by atoms with van der Waals surface area (Å²) in [7, 11) is 1.36. The van der Waals surface area contributed by atoms with Crippen molar-refractivity contribution in [2.75, 3.05) is 7.11 Å². The molecule has 2 rings (SSSR count). The second kappa shape index (κ2) is 5.16. The van der Waals surface area contributed by atoms with E-state index in [4.69, 9.17) is 9.15 Å². The van der Waals surface area contributed by atoms with Crippen LogP contribution in [-0.4, -0.2) is 13.1 Å². The molecular weight excluding hydrogens is 216 g/mol. The van der Waals surface area contributed by atoms with E-state index >= 15 is 0 Å². The molecule has 0 saturated heterocycles. The van der Waals surface area contributed by atoms with Crippen LogP contribution in [0.3, 0.4) is 0 Å². The van der Waals surface area contributed by atoms with E-state index in [2.05, 4.69) is 0 Å². The summed E-state index contributed by atoms with van der Waals surface area (Å²) in [6, 6.07) is 12.9. The van der Waals surface area contributed by atoms with Crippen LogP contribution < -0.4 is 0 Å². The molecule has 0 bridgehead atoms. The van der Waals surface area contributed by atoms with Gasteiger partial charge in [0.25, 0.3) is 0 Å². The molecule has 0 aliphatic heterocycles. The average molecular weight is 228 g/mol. The zero-order chi connectivity index (χ0) is 12.1. The minimum absolute atomic E-state index is 0.382. The number of carbonyl (C=O) groups excluding carboxylic acids is 1. The van der Waals surface area contributed by atoms with Gasteiger partial charge in [-0.05, 0) is 23.8 Å². The number of hydrogen-bond acceptors (Lipinski definition) is 3. The van der Waals surface area contributed by atoms with Crippen LogP contribution in [0.15, 0.2) is 53.1 Å². The van der Waals surface area contributed by atoms with Crippen molar-refractivity contribution >= 4 is 17.6 Å². The molecule has 0 atom stereocenters. The molecule has 0 aliphatic rings. The summed E-state index contributed by atoms with van der Waals surface area (Å²) in [6.45, 7) is 0. The zero-order valence-corrected chi connectivity index (χ0v) is 9.42. The molecule has 1 heterocycles. The van der Waals surface area contributed by atoms with Gasteiger partial charge in [0, 0.05) is 0 Å². The van der Waals surface area contributed by atoms with Gasteiger partial charge in [0.05, 0.1) is 18.9 Å². The summed E-state index contributed by atoms with van der Waals surface area (Å²) in [5.41, 5.74) is 1.28. The first-order valence-electron chi connectivity index (χ1n) is 5.20. The Morgan fingerprint density at radius 1 is 1.18 bits per heavy atom. The quantitative estimate of drug-likeness (QED) is 0.598. The van der Waals surface area contributed by atoms with Gasteiger partial charge in [0.1, 0.15) is 5.76 Å². The Kier molecular flexibility index (Phi) is 3.40. The molecule has 0 saturated carbocycles. The van der Waals surface area contributed by atoms with Crippen LogP contribution in [0.25, 0.3) is 11.6 Å². The van der Waals surface area contributed by atoms with E-state index in [1.54, 1.807) is 24.5 Å². The maximum Gasteiger partial charge on any atom is 0.338 e. The van der Waals surface area contributed by atoms with Crippen LogP contribution in [0.5, 0.6) is 0 Å². The summed E-state index contributed by atoms with van der Waals surface area (Å²) in [5.74, 6) is 0.238. The number of methoxy groups -OCH3 is 1. The van der Waals surface area contributed by atoms with Gasteiger partial charge in [-0.1, -0.05) is 30.3 Å². The third-order valence-corrected chi connectivity index (χ3v) is 2.32. The van der Waals surface area contributed by atoms with Crippen LogP contribution in [0, 0.1) is 0 Å². The number of furan rings is 1. The Hall–Kier alpha value is -2.29. The fourth-order valence-electron chi connectivity index (χ4n) is 1.50. The molecule has 0 unspecified atom stereocenters. The van der Waals surface area contributed by atoms with Gasteiger partial charge in [0.15, 0.2) is 0 Å². The molecule has 2 aromatic rings. The summed E-state index contributed by atoms with van der Waals surface area (Å²) in [6.07, 6.45) is 3.23. The fourth-order valence-corrected chi connectivity index (χ4v) is 1.50. The molecule has 17 heavy (non-hydrogen) atoms. The molecule has 0 radical (unpaired) electrons. The van der Waals surface area contributed by atoms with E-state index in [-0.39, 0.29) is 5.97 Å². The van der Waals surface area contributed by atoms with Crippen LogP contribution in [0.4, 0.5) is 0 Å². The summed E-state index contributed by atoms with van der Waals surface area (Å²) < 4.78 is 9.96. The summed E-state index contributed by atoms with van der Waals surface area (Å²) in [5, 5.41) is 0. The first-order chi connectivity index (χ1) is 8.31. The largest absolute Gasteiger partial charge is 0.465 e. The van der Waals surface area contributed by atoms with Gasteiger partial charge in [-0.2, -0.15) is 0 Å². The normalized spacial score (nSPS) is 11.2. The smallest absolute Gasteiger partial charge is 0.338 e. The fraction of sp³-hybridized carbons (Fsp3) is 0.0714. The Morgan fingerprint density at radius 2 is 1.94 bits per heavy atom. The number of ether oxygens (including phenoxy) is 1. The minimum atomic E-state index is -0.382. The third kappa shape index (κ3) is 2.64. The Morgan fingerprint density at radius 3 is 2.53 bits per heavy atom. The van der Waals surface area contributed by atoms with Gasteiger partial charge < -0.3 is 9.15 Å². The second-order valence-corrected chi connectivity index (χ2v) is 3.43. The van der Waals surface area contributed by atoms with Gasteiger partial charge in [0.2, 0.25) is 0 Å². The molecule has 1 aromatic carbocycles. The predicted molar refractivity (Wildman–Crippen MR) is 65.0 cm³/mol. The lowest BCUT2D eigenvalue weighted by atomic mass is 10.1. The molecule has 1 aromatic heterocycles. The van der Waals surface area contributed by atoms with Gasteiger partial charge >= 0.3 is 5.97 Å². The topological polar surface area (TPSA) is 39.4 Å². The Bertz CT molecular complexity index is 510. The van der Waals surface area contributed by atoms with Crippen molar-refractivity contribution in [3.63, 3.8) is 0 Å². The van der Waals surface area contributed by atoms with E-state index in [1.165, 1.54) is 7.11 Å². The highest BCUT2D eigenvalue weighted by molar-refractivity contribution is 6.21. The molecule has 0 amide bonds. The van der Waals surface area contributed by atoms with E-state index in [9.17, 15) is 4.79 Å². The molecule has 0 aliphatic carbocycles. The number of esters is 1. The molecule has 3 nitrogen and oxygen atoms in total. The van der Waals surface area contributed by atoms with Crippen molar-refractivity contribution in [2.45, 2.75) is 0 Å². The number of rotatable bonds is 3. The van der Waals surface area contributed by atoms with Crippen LogP contribution in [0.1, 0.15) is 11.3 Å². The monoisotopic (exact) mass is 228 g/mol. The second-order valence-electron chi connectivity index (χ2n) is 3.43. The Balaban J connectivity index is 2.43. The molecule has 0 N–H and O–H groups in total. The maximum atomic E-state index is 11.7. The summed E-state index contributed by atoms with van der Waals surface area (Å²) >= 11 is 0. The van der Waals surface area contributed by atoms with Crippen LogP contribution in [-0.2, 0) is 9.53 Å². The first-order valence-corrected chi connectivity index (χ1v) is 5.20. The van der Waals surface area contributed by atoms with E-state index in [1.807, 2.05) is 30.3 Å². The molecule has 3 heteroatoms. The average Bonchev–Trinajstić information content (AvgIpc) is 2.89. The molecule has 0 spiro atoms. The van der Waals surface area contributed by atoms with E-state index in [0.29, 0.717) is 11.3 Å². The standard InChI is InChI=1S/C14H12O3/c1-16-14(15)13(10-12-8-5-9-17-12)11-6-3-2-4-7-11/h2-10H,1H3. The molecular formula is C14H12O3. The summed E-state index contributed by atoms with van der Waals surface area (Å²) in [4.78, 5) is 11.7. The number of hydrogen-bond donors (Lipinski definition) is 0. The lowest BCUT2D eigenvalue weighted by molar-refractivity contribution is -0.133. The van der Waals surface area contributed by atoms with Gasteiger partial charge in [-0.15, -0.1) is 0 Å². The highest BCUT2D eigenvalue weighted by Gasteiger charge is 2.12. The lowest BCUT2D eigenvalue weighted by Gasteiger charge is -2.04. The van der Waals surface area contributed by atoms with E-state index in [0.717, 1.165) is 5.56 Å². The highest BCUT2D eigenvalue weighted by atomic mass is 16.5. The van der Waals surface area contributed by atoms with Crippen LogP contribution >= 0.6 is 0 Å². The third-order valence-electron chi connectivity index (χ3n) is 2.32. The number of carbonyl (C=O) groups is 1. The first kappa shape index (κ1) is 11.2. The zero-order valence-electron chi connectivity index (χ0n) is 9.42. The van der Waals surface area contributed by atoms with Crippen LogP contribution in [0.2, 0.25) is 0 Å². The Labute approximate surface area is 99.3 Å². The van der Waals surface area contributed by atoms with Crippen molar-refractivity contribution in [1.29, 1.82) is 0 Å². The lowest BCUT2D eigenvalue weighted by Crippen LogP contribution is -2.03. The minimum Gasteiger partial charge on any atom is -0.465 e. The van der Waals surface area contributed by atoms with Gasteiger partial charge in [-0.3, -0.25) is 0 Å². The van der Waals surface area contributed by atoms with Crippen molar-refractivity contribution < 1.29 is 13.9 Å². The highest BCUT2D eigenvalue weighted by Crippen LogP contribution is 2.19. The van der Waals surface area contributed by atoms with Crippen molar-refractivity contribution in [1.82, 2.24) is 0 Å². The maximum absolute atomic E-state index is 11.7. The van der Waals surface area contributed by atoms with Crippen molar-refractivity contribution in [3.8, 4) is 0 Å². The molecule has 86 valence electrons. The van der Waals surface area contributed by atoms with Crippen molar-refractivity contribution in [2.24, 2.45) is 0 Å². The van der Waals surface area contributed by atoms with Crippen molar-refractivity contribution in [3.05, 3.63) is 60.1 Å². The SMILES string of the molecule is COC(=O)C(=Cc1ccco1)c1ccccc1.